The molecule has 1 unspecified atom stereocenters. The second-order valence-corrected chi connectivity index (χ2v) is 5.39. The molecule has 21 heavy (non-hydrogen) atoms. The number of hydrogen-bond donors (Lipinski definition) is 1. The van der Waals surface area contributed by atoms with Gasteiger partial charge < -0.3 is 19.2 Å². The van der Waals surface area contributed by atoms with Crippen molar-refractivity contribution < 1.29 is 13.9 Å². The summed E-state index contributed by atoms with van der Waals surface area (Å²) >= 11 is 3.56. The molecule has 0 fully saturated rings. The van der Waals surface area contributed by atoms with Crippen LogP contribution in [0.1, 0.15) is 24.3 Å². The Morgan fingerprint density at radius 2 is 2.14 bits per heavy atom. The highest BCUT2D eigenvalue weighted by Gasteiger charge is 2.17. The van der Waals surface area contributed by atoms with Crippen molar-refractivity contribution in [3.05, 3.63) is 52.4 Å². The molecule has 0 radical (unpaired) electrons. The Bertz CT molecular complexity index is 542. The third kappa shape index (κ3) is 4.33. The number of rotatable bonds is 8. The molecule has 0 amide bonds. The number of ether oxygens (including phenoxy) is 2. The average Bonchev–Trinajstić information content (AvgIpc) is 3.00. The molecule has 0 bridgehead atoms. The molecule has 0 saturated heterocycles. The van der Waals surface area contributed by atoms with E-state index >= 15 is 0 Å². The van der Waals surface area contributed by atoms with E-state index in [4.69, 9.17) is 13.9 Å². The average molecular weight is 354 g/mol. The molecule has 1 atom stereocenters. The van der Waals surface area contributed by atoms with E-state index in [0.717, 1.165) is 28.1 Å². The van der Waals surface area contributed by atoms with Gasteiger partial charge in [0.05, 0.1) is 23.4 Å². The third-order valence-electron chi connectivity index (χ3n) is 3.07. The van der Waals surface area contributed by atoms with Gasteiger partial charge in [-0.3, -0.25) is 0 Å². The van der Waals surface area contributed by atoms with E-state index < -0.39 is 0 Å². The zero-order chi connectivity index (χ0) is 15.1. The summed E-state index contributed by atoms with van der Waals surface area (Å²) < 4.78 is 17.1. The summed E-state index contributed by atoms with van der Waals surface area (Å²) in [5, 5.41) is 3.42. The topological polar surface area (TPSA) is 43.6 Å². The maximum atomic E-state index is 5.65. The SMILES string of the molecule is CCNC(c1ccc(OCCOC)c(Br)c1)c1ccco1. The van der Waals surface area contributed by atoms with Crippen LogP contribution in [-0.2, 0) is 4.74 Å². The third-order valence-corrected chi connectivity index (χ3v) is 3.69. The molecule has 1 N–H and O–H groups in total. The summed E-state index contributed by atoms with van der Waals surface area (Å²) in [5.41, 5.74) is 1.12. The quantitative estimate of drug-likeness (QED) is 0.733. The molecular weight excluding hydrogens is 334 g/mol. The first kappa shape index (κ1) is 16.1. The van der Waals surface area contributed by atoms with Crippen LogP contribution in [0.15, 0.2) is 45.5 Å². The first-order chi connectivity index (χ1) is 10.3. The second-order valence-electron chi connectivity index (χ2n) is 4.54. The Hall–Kier alpha value is -1.30. The van der Waals surface area contributed by atoms with Crippen LogP contribution >= 0.6 is 15.9 Å². The fourth-order valence-corrected chi connectivity index (χ4v) is 2.60. The van der Waals surface area contributed by atoms with Gasteiger partial charge in [0.1, 0.15) is 18.1 Å². The molecule has 5 heteroatoms. The molecule has 4 nitrogen and oxygen atoms in total. The first-order valence-electron chi connectivity index (χ1n) is 6.94. The van der Waals surface area contributed by atoms with E-state index in [1.165, 1.54) is 0 Å². The molecule has 0 aliphatic rings. The lowest BCUT2D eigenvalue weighted by molar-refractivity contribution is 0.146. The van der Waals surface area contributed by atoms with E-state index in [-0.39, 0.29) is 6.04 Å². The fraction of sp³-hybridized carbons (Fsp3) is 0.375. The lowest BCUT2D eigenvalue weighted by Crippen LogP contribution is -2.21. The van der Waals surface area contributed by atoms with Crippen LogP contribution in [0.2, 0.25) is 0 Å². The summed E-state index contributed by atoms with van der Waals surface area (Å²) in [7, 11) is 1.66. The maximum absolute atomic E-state index is 5.65. The first-order valence-corrected chi connectivity index (χ1v) is 7.73. The molecule has 1 aromatic heterocycles. The lowest BCUT2D eigenvalue weighted by atomic mass is 10.0. The van der Waals surface area contributed by atoms with Gasteiger partial charge in [0.25, 0.3) is 0 Å². The predicted octanol–water partition coefficient (Wildman–Crippen LogP) is 3.77. The zero-order valence-electron chi connectivity index (χ0n) is 12.3. The zero-order valence-corrected chi connectivity index (χ0v) is 13.9. The van der Waals surface area contributed by atoms with Crippen molar-refractivity contribution in [1.82, 2.24) is 5.32 Å². The second kappa shape index (κ2) is 8.22. The van der Waals surface area contributed by atoms with Gasteiger partial charge in [0.2, 0.25) is 0 Å². The standard InChI is InChI=1S/C16H20BrNO3/c1-3-18-16(15-5-4-8-20-15)12-6-7-14(13(17)11-12)21-10-9-19-2/h4-8,11,16,18H,3,9-10H2,1-2H3. The van der Waals surface area contributed by atoms with Gasteiger partial charge >= 0.3 is 0 Å². The van der Waals surface area contributed by atoms with Gasteiger partial charge in [-0.2, -0.15) is 0 Å². The fourth-order valence-electron chi connectivity index (χ4n) is 2.09. The van der Waals surface area contributed by atoms with Crippen LogP contribution in [-0.4, -0.2) is 26.9 Å². The molecule has 0 saturated carbocycles. The Morgan fingerprint density at radius 1 is 1.29 bits per heavy atom. The van der Waals surface area contributed by atoms with Crippen LogP contribution in [0.4, 0.5) is 0 Å². The molecule has 114 valence electrons. The summed E-state index contributed by atoms with van der Waals surface area (Å²) in [6.45, 7) is 4.03. The minimum Gasteiger partial charge on any atom is -0.490 e. The Labute approximate surface area is 133 Å². The largest absolute Gasteiger partial charge is 0.490 e. The van der Waals surface area contributed by atoms with E-state index in [1.54, 1.807) is 13.4 Å². The highest BCUT2D eigenvalue weighted by atomic mass is 79.9. The van der Waals surface area contributed by atoms with Crippen LogP contribution in [0.3, 0.4) is 0 Å². The van der Waals surface area contributed by atoms with Gasteiger partial charge in [-0.15, -0.1) is 0 Å². The van der Waals surface area contributed by atoms with Crippen molar-refractivity contribution in [2.45, 2.75) is 13.0 Å². The summed E-state index contributed by atoms with van der Waals surface area (Å²) in [6, 6.07) is 9.97. The molecular formula is C16H20BrNO3. The van der Waals surface area contributed by atoms with Crippen molar-refractivity contribution in [1.29, 1.82) is 0 Å². The summed E-state index contributed by atoms with van der Waals surface area (Å²) in [4.78, 5) is 0. The number of halogens is 1. The molecule has 0 aliphatic heterocycles. The van der Waals surface area contributed by atoms with Crippen LogP contribution in [0.25, 0.3) is 0 Å². The van der Waals surface area contributed by atoms with Gasteiger partial charge in [-0.05, 0) is 52.3 Å². The van der Waals surface area contributed by atoms with E-state index in [9.17, 15) is 0 Å². The highest BCUT2D eigenvalue weighted by molar-refractivity contribution is 9.10. The van der Waals surface area contributed by atoms with Gasteiger partial charge in [0, 0.05) is 7.11 Å². The van der Waals surface area contributed by atoms with Gasteiger partial charge in [-0.25, -0.2) is 0 Å². The molecule has 2 aromatic rings. The Kier molecular flexibility index (Phi) is 6.29. The van der Waals surface area contributed by atoms with E-state index in [2.05, 4.69) is 34.2 Å². The van der Waals surface area contributed by atoms with E-state index in [0.29, 0.717) is 13.2 Å². The number of nitrogens with one attached hydrogen (secondary N) is 1. The lowest BCUT2D eigenvalue weighted by Gasteiger charge is -2.17. The van der Waals surface area contributed by atoms with Crippen molar-refractivity contribution in [3.63, 3.8) is 0 Å². The highest BCUT2D eigenvalue weighted by Crippen LogP contribution is 2.31. The number of methoxy groups -OCH3 is 1. The van der Waals surface area contributed by atoms with Crippen molar-refractivity contribution >= 4 is 15.9 Å². The van der Waals surface area contributed by atoms with Crippen LogP contribution < -0.4 is 10.1 Å². The number of benzene rings is 1. The van der Waals surface area contributed by atoms with E-state index in [1.807, 2.05) is 24.3 Å². The normalized spacial score (nSPS) is 12.3. The monoisotopic (exact) mass is 353 g/mol. The minimum absolute atomic E-state index is 0.0364. The molecule has 0 aliphatic carbocycles. The van der Waals surface area contributed by atoms with Gasteiger partial charge in [-0.1, -0.05) is 13.0 Å². The molecule has 2 rings (SSSR count). The summed E-state index contributed by atoms with van der Waals surface area (Å²) in [6.07, 6.45) is 1.69. The molecule has 0 spiro atoms. The Morgan fingerprint density at radius 3 is 2.76 bits per heavy atom. The van der Waals surface area contributed by atoms with Crippen molar-refractivity contribution in [3.8, 4) is 5.75 Å². The summed E-state index contributed by atoms with van der Waals surface area (Å²) in [5.74, 6) is 1.71. The Balaban J connectivity index is 2.16. The van der Waals surface area contributed by atoms with Crippen molar-refractivity contribution in [2.75, 3.05) is 26.9 Å². The molecule has 1 heterocycles. The number of hydrogen-bond acceptors (Lipinski definition) is 4. The van der Waals surface area contributed by atoms with Crippen LogP contribution in [0.5, 0.6) is 5.75 Å². The smallest absolute Gasteiger partial charge is 0.133 e. The number of furan rings is 1. The van der Waals surface area contributed by atoms with Crippen LogP contribution in [0, 0.1) is 0 Å². The van der Waals surface area contributed by atoms with Gasteiger partial charge in [0.15, 0.2) is 0 Å². The maximum Gasteiger partial charge on any atom is 0.133 e. The van der Waals surface area contributed by atoms with Crippen molar-refractivity contribution in [2.24, 2.45) is 0 Å². The minimum atomic E-state index is 0.0364. The predicted molar refractivity (Wildman–Crippen MR) is 85.7 cm³/mol. The molecule has 1 aromatic carbocycles.